The maximum absolute atomic E-state index is 12.4. The van der Waals surface area contributed by atoms with Crippen LogP contribution in [0.2, 0.25) is 0 Å². The van der Waals surface area contributed by atoms with Gasteiger partial charge in [0, 0.05) is 0 Å². The number of aliphatic hydroxyl groups is 1. The summed E-state index contributed by atoms with van der Waals surface area (Å²) in [5, 5.41) is 32.9. The topological polar surface area (TPSA) is 208 Å². The predicted molar refractivity (Wildman–Crippen MR) is 91.3 cm³/mol. The number of aliphatic carboxylic acids is 2. The first-order valence-corrected chi connectivity index (χ1v) is 8.16. The van der Waals surface area contributed by atoms with Crippen LogP contribution in [0, 0.1) is 5.92 Å². The van der Waals surface area contributed by atoms with Gasteiger partial charge < -0.3 is 37.0 Å². The number of nitrogens with one attached hydrogen (secondary N) is 3. The fourth-order valence-corrected chi connectivity index (χ4v) is 2.01. The molecule has 0 fully saturated rings. The molecule has 12 heteroatoms. The van der Waals surface area contributed by atoms with Crippen molar-refractivity contribution in [1.29, 1.82) is 0 Å². The summed E-state index contributed by atoms with van der Waals surface area (Å²) in [4.78, 5) is 57.7. The molecule has 12 nitrogen and oxygen atoms in total. The van der Waals surface area contributed by atoms with Crippen LogP contribution in [-0.4, -0.2) is 76.3 Å². The molecule has 0 heterocycles. The average Bonchev–Trinajstić information content (AvgIpc) is 2.56. The fraction of sp³-hybridized carbons (Fsp3) is 0.667. The Hall–Kier alpha value is -2.73. The van der Waals surface area contributed by atoms with Gasteiger partial charge in [0.05, 0.1) is 13.0 Å². The second-order valence-corrected chi connectivity index (χ2v) is 6.25. The molecule has 0 spiro atoms. The van der Waals surface area contributed by atoms with Gasteiger partial charge in [0.25, 0.3) is 0 Å². The van der Waals surface area contributed by atoms with E-state index in [9.17, 15) is 24.0 Å². The van der Waals surface area contributed by atoms with Gasteiger partial charge in [-0.3, -0.25) is 24.0 Å². The third-order valence-corrected chi connectivity index (χ3v) is 3.30. The molecule has 0 bridgehead atoms. The van der Waals surface area contributed by atoms with E-state index in [4.69, 9.17) is 21.1 Å². The van der Waals surface area contributed by atoms with Gasteiger partial charge in [-0.2, -0.15) is 0 Å². The van der Waals surface area contributed by atoms with Gasteiger partial charge in [-0.25, -0.2) is 0 Å². The van der Waals surface area contributed by atoms with E-state index < -0.39 is 67.4 Å². The summed E-state index contributed by atoms with van der Waals surface area (Å²) < 4.78 is 0. The molecule has 8 N–H and O–H groups in total. The van der Waals surface area contributed by atoms with Gasteiger partial charge in [0.15, 0.2) is 0 Å². The number of carbonyl (C=O) groups excluding carboxylic acids is 3. The van der Waals surface area contributed by atoms with Gasteiger partial charge >= 0.3 is 11.9 Å². The number of carboxylic acid groups (broad SMARTS) is 2. The van der Waals surface area contributed by atoms with Crippen molar-refractivity contribution in [2.24, 2.45) is 11.7 Å². The molecule has 0 rings (SSSR count). The Morgan fingerprint density at radius 1 is 0.889 bits per heavy atom. The van der Waals surface area contributed by atoms with Crippen molar-refractivity contribution < 1.29 is 39.3 Å². The number of nitrogens with two attached hydrogens (primary N) is 1. The molecule has 3 unspecified atom stereocenters. The first-order valence-electron chi connectivity index (χ1n) is 8.16. The summed E-state index contributed by atoms with van der Waals surface area (Å²) in [6.45, 7) is 2.16. The highest BCUT2D eigenvalue weighted by Crippen LogP contribution is 2.06. The molecule has 0 aromatic rings. The minimum absolute atomic E-state index is 0.0508. The highest BCUT2D eigenvalue weighted by molar-refractivity contribution is 5.95. The minimum Gasteiger partial charge on any atom is -0.481 e. The highest BCUT2D eigenvalue weighted by Gasteiger charge is 2.29. The number of rotatable bonds is 12. The summed E-state index contributed by atoms with van der Waals surface area (Å²) in [6.07, 6.45) is -0.623. The van der Waals surface area contributed by atoms with Crippen molar-refractivity contribution in [2.75, 3.05) is 13.2 Å². The summed E-state index contributed by atoms with van der Waals surface area (Å²) in [6, 6.07) is -3.91. The monoisotopic (exact) mass is 390 g/mol. The van der Waals surface area contributed by atoms with E-state index in [2.05, 4.69) is 10.6 Å². The van der Waals surface area contributed by atoms with Crippen LogP contribution in [0.25, 0.3) is 0 Å². The van der Waals surface area contributed by atoms with Crippen LogP contribution in [0.5, 0.6) is 0 Å². The standard InChI is InChI=1S/C15H26N4O8/c1-7(2)3-9(18-13(25)8(16)6-20)15(27)19-10(4-11(21)22)14(26)17-5-12(23)24/h7-10,20H,3-6,16H2,1-2H3,(H,17,26)(H,18,25)(H,19,27)(H,21,22)(H,23,24). The molecule has 3 atom stereocenters. The molecule has 0 radical (unpaired) electrons. The Kier molecular flexibility index (Phi) is 10.6. The van der Waals surface area contributed by atoms with Crippen LogP contribution in [0.1, 0.15) is 26.7 Å². The predicted octanol–water partition coefficient (Wildman–Crippen LogP) is -3.00. The third kappa shape index (κ3) is 10.1. The first-order chi connectivity index (χ1) is 12.5. The molecule has 0 saturated heterocycles. The second kappa shape index (κ2) is 11.8. The van der Waals surface area contributed by atoms with Crippen LogP contribution in [0.3, 0.4) is 0 Å². The summed E-state index contributed by atoms with van der Waals surface area (Å²) in [7, 11) is 0. The van der Waals surface area contributed by atoms with Crippen LogP contribution < -0.4 is 21.7 Å². The highest BCUT2D eigenvalue weighted by atomic mass is 16.4. The largest absolute Gasteiger partial charge is 0.481 e. The van der Waals surface area contributed by atoms with E-state index in [0.29, 0.717) is 0 Å². The van der Waals surface area contributed by atoms with E-state index >= 15 is 0 Å². The molecule has 0 aliphatic rings. The number of hydrogen-bond donors (Lipinski definition) is 7. The van der Waals surface area contributed by atoms with Crippen LogP contribution in [0.4, 0.5) is 0 Å². The van der Waals surface area contributed by atoms with Crippen molar-refractivity contribution in [1.82, 2.24) is 16.0 Å². The Morgan fingerprint density at radius 2 is 1.44 bits per heavy atom. The van der Waals surface area contributed by atoms with E-state index in [1.165, 1.54) is 0 Å². The van der Waals surface area contributed by atoms with E-state index in [-0.39, 0.29) is 12.3 Å². The van der Waals surface area contributed by atoms with Gasteiger partial charge in [-0.1, -0.05) is 13.8 Å². The number of carbonyl (C=O) groups is 5. The van der Waals surface area contributed by atoms with Crippen molar-refractivity contribution >= 4 is 29.7 Å². The van der Waals surface area contributed by atoms with Crippen molar-refractivity contribution in [3.63, 3.8) is 0 Å². The maximum atomic E-state index is 12.4. The SMILES string of the molecule is CC(C)CC(NC(=O)C(N)CO)C(=O)NC(CC(=O)O)C(=O)NCC(=O)O. The van der Waals surface area contributed by atoms with E-state index in [1.54, 1.807) is 13.8 Å². The summed E-state index contributed by atoms with van der Waals surface area (Å²) in [5.41, 5.74) is 5.39. The molecule has 154 valence electrons. The van der Waals surface area contributed by atoms with Crippen LogP contribution >= 0.6 is 0 Å². The number of aliphatic hydroxyl groups excluding tert-OH is 1. The molecular weight excluding hydrogens is 364 g/mol. The normalized spacial score (nSPS) is 14.0. The van der Waals surface area contributed by atoms with Crippen molar-refractivity contribution in [3.8, 4) is 0 Å². The van der Waals surface area contributed by atoms with E-state index in [0.717, 1.165) is 0 Å². The smallest absolute Gasteiger partial charge is 0.322 e. The second-order valence-electron chi connectivity index (χ2n) is 6.25. The van der Waals surface area contributed by atoms with Crippen molar-refractivity contribution in [3.05, 3.63) is 0 Å². The zero-order valence-electron chi connectivity index (χ0n) is 15.1. The lowest BCUT2D eigenvalue weighted by atomic mass is 10.0. The molecular formula is C15H26N4O8. The number of hydrogen-bond acceptors (Lipinski definition) is 7. The Balaban J connectivity index is 5.21. The molecule has 0 aromatic heterocycles. The van der Waals surface area contributed by atoms with E-state index in [1.807, 2.05) is 5.32 Å². The zero-order chi connectivity index (χ0) is 21.1. The van der Waals surface area contributed by atoms with Gasteiger partial charge in [0.2, 0.25) is 17.7 Å². The number of carboxylic acids is 2. The lowest BCUT2D eigenvalue weighted by Crippen LogP contribution is -2.57. The number of amides is 3. The van der Waals surface area contributed by atoms with Gasteiger partial charge in [-0.05, 0) is 12.3 Å². The lowest BCUT2D eigenvalue weighted by Gasteiger charge is -2.24. The lowest BCUT2D eigenvalue weighted by molar-refractivity contribution is -0.141. The van der Waals surface area contributed by atoms with Crippen LogP contribution in [-0.2, 0) is 24.0 Å². The third-order valence-electron chi connectivity index (χ3n) is 3.30. The molecule has 0 aliphatic heterocycles. The Morgan fingerprint density at radius 3 is 1.89 bits per heavy atom. The van der Waals surface area contributed by atoms with Crippen molar-refractivity contribution in [2.45, 2.75) is 44.8 Å². The first kappa shape index (κ1) is 24.3. The summed E-state index contributed by atoms with van der Waals surface area (Å²) in [5.74, 6) is -5.40. The maximum Gasteiger partial charge on any atom is 0.322 e. The molecule has 27 heavy (non-hydrogen) atoms. The summed E-state index contributed by atoms with van der Waals surface area (Å²) >= 11 is 0. The quantitative estimate of drug-likeness (QED) is 0.181. The average molecular weight is 390 g/mol. The molecule has 0 saturated carbocycles. The van der Waals surface area contributed by atoms with Crippen LogP contribution in [0.15, 0.2) is 0 Å². The Labute approximate surface area is 155 Å². The minimum atomic E-state index is -1.53. The molecule has 3 amide bonds. The Bertz CT molecular complexity index is 566. The van der Waals surface area contributed by atoms with Gasteiger partial charge in [-0.15, -0.1) is 0 Å². The molecule has 0 aromatic carbocycles. The fourth-order valence-electron chi connectivity index (χ4n) is 2.01. The van der Waals surface area contributed by atoms with Gasteiger partial charge in [0.1, 0.15) is 24.7 Å². The zero-order valence-corrected chi connectivity index (χ0v) is 15.1. The molecule has 0 aliphatic carbocycles.